The molecule has 0 aliphatic carbocycles. The highest BCUT2D eigenvalue weighted by molar-refractivity contribution is 7.25. The fraction of sp³-hybridized carbons (Fsp3) is 0.0588. The van der Waals surface area contributed by atoms with Crippen LogP contribution in [0.15, 0.2) is 182 Å². The monoisotopic (exact) mass is 708 g/mol. The van der Waals surface area contributed by atoms with E-state index in [2.05, 4.69) is 206 Å². The maximum atomic E-state index is 2.49. The van der Waals surface area contributed by atoms with Gasteiger partial charge in [-0.25, -0.2) is 0 Å². The molecule has 0 saturated carbocycles. The first-order chi connectivity index (χ1) is 26.5. The Morgan fingerprint density at radius 3 is 1.91 bits per heavy atom. The molecule has 0 spiro atoms. The van der Waals surface area contributed by atoms with Crippen molar-refractivity contribution in [3.63, 3.8) is 0 Å². The molecule has 256 valence electrons. The second-order valence-electron chi connectivity index (χ2n) is 15.0. The van der Waals surface area contributed by atoms with Crippen LogP contribution in [0.3, 0.4) is 0 Å². The number of hydrogen-bond acceptors (Lipinski definition) is 3. The van der Waals surface area contributed by atoms with Crippen molar-refractivity contribution >= 4 is 98.0 Å². The van der Waals surface area contributed by atoms with Gasteiger partial charge in [0.25, 0.3) is 0 Å². The molecule has 2 heterocycles. The van der Waals surface area contributed by atoms with E-state index in [4.69, 9.17) is 0 Å². The number of thiophene rings is 1. The van der Waals surface area contributed by atoms with Crippen molar-refractivity contribution in [3.8, 4) is 0 Å². The van der Waals surface area contributed by atoms with Crippen molar-refractivity contribution in [3.05, 3.63) is 193 Å². The number of rotatable bonds is 4. The molecule has 3 heteroatoms. The van der Waals surface area contributed by atoms with Gasteiger partial charge in [-0.2, -0.15) is 0 Å². The Balaban J connectivity index is 1.05. The molecular formula is C51H36N2S. The Labute approximate surface area is 318 Å². The minimum atomic E-state index is -0.148. The maximum Gasteiger partial charge on any atom is 0.0517 e. The summed E-state index contributed by atoms with van der Waals surface area (Å²) in [6, 6.07) is 67.2. The van der Waals surface area contributed by atoms with Crippen molar-refractivity contribution in [2.75, 3.05) is 9.80 Å². The lowest BCUT2D eigenvalue weighted by Gasteiger charge is -2.42. The third kappa shape index (κ3) is 4.72. The van der Waals surface area contributed by atoms with E-state index in [0.29, 0.717) is 0 Å². The fourth-order valence-corrected chi connectivity index (χ4v) is 9.98. The van der Waals surface area contributed by atoms with E-state index in [1.165, 1.54) is 80.7 Å². The Kier molecular flexibility index (Phi) is 6.80. The quantitative estimate of drug-likeness (QED) is 0.168. The van der Waals surface area contributed by atoms with E-state index < -0.39 is 0 Å². The van der Waals surface area contributed by atoms with Gasteiger partial charge in [-0.15, -0.1) is 11.3 Å². The second kappa shape index (κ2) is 11.8. The predicted molar refractivity (Wildman–Crippen MR) is 233 cm³/mol. The van der Waals surface area contributed by atoms with Crippen LogP contribution in [0.5, 0.6) is 0 Å². The normalized spacial score (nSPS) is 13.5. The summed E-state index contributed by atoms with van der Waals surface area (Å²) in [4.78, 5) is 4.85. The molecule has 0 unspecified atom stereocenters. The molecule has 0 amide bonds. The van der Waals surface area contributed by atoms with Gasteiger partial charge < -0.3 is 9.80 Å². The van der Waals surface area contributed by atoms with Crippen molar-refractivity contribution in [2.45, 2.75) is 19.3 Å². The van der Waals surface area contributed by atoms with Gasteiger partial charge in [0.05, 0.1) is 11.4 Å². The summed E-state index contributed by atoms with van der Waals surface area (Å²) in [7, 11) is 0. The minimum absolute atomic E-state index is 0.148. The average molecular weight is 709 g/mol. The third-order valence-electron chi connectivity index (χ3n) is 11.6. The lowest BCUT2D eigenvalue weighted by molar-refractivity contribution is 0.633. The van der Waals surface area contributed by atoms with Crippen molar-refractivity contribution in [1.82, 2.24) is 0 Å². The molecule has 54 heavy (non-hydrogen) atoms. The molecule has 0 saturated heterocycles. The molecule has 11 rings (SSSR count). The number of benzene rings is 9. The standard InChI is InChI=1S/C51H36N2S/c1-51(2)45-17-9-10-18-47(45)53(48-32-50-44(31-46(48)51)43-16-8-11-19-49(43)54-50)40-25-27-42-36(30-40)21-20-35-29-39(24-26-41(35)42)52(37-14-4-3-5-15-37)38-23-22-33-12-6-7-13-34(33)28-38/h3-32H,1-2H3. The zero-order valence-corrected chi connectivity index (χ0v) is 30.9. The molecule has 1 aliphatic rings. The zero-order chi connectivity index (χ0) is 36.0. The summed E-state index contributed by atoms with van der Waals surface area (Å²) in [6.07, 6.45) is 0. The molecule has 10 aromatic rings. The summed E-state index contributed by atoms with van der Waals surface area (Å²) in [5, 5.41) is 10.1. The number of fused-ring (bicyclic) bond motifs is 9. The third-order valence-corrected chi connectivity index (χ3v) is 12.7. The van der Waals surface area contributed by atoms with E-state index in [9.17, 15) is 0 Å². The van der Waals surface area contributed by atoms with Gasteiger partial charge in [-0.1, -0.05) is 123 Å². The van der Waals surface area contributed by atoms with Crippen molar-refractivity contribution < 1.29 is 0 Å². The van der Waals surface area contributed by atoms with Gasteiger partial charge in [0.15, 0.2) is 0 Å². The second-order valence-corrected chi connectivity index (χ2v) is 16.1. The lowest BCUT2D eigenvalue weighted by atomic mass is 9.73. The van der Waals surface area contributed by atoms with Crippen LogP contribution in [-0.4, -0.2) is 0 Å². The highest BCUT2D eigenvalue weighted by Crippen LogP contribution is 2.54. The first-order valence-corrected chi connectivity index (χ1v) is 19.5. The van der Waals surface area contributed by atoms with E-state index in [0.717, 1.165) is 17.1 Å². The van der Waals surface area contributed by atoms with E-state index in [-0.39, 0.29) is 5.41 Å². The van der Waals surface area contributed by atoms with Crippen LogP contribution in [-0.2, 0) is 5.41 Å². The smallest absolute Gasteiger partial charge is 0.0517 e. The van der Waals surface area contributed by atoms with Gasteiger partial charge in [0.1, 0.15) is 0 Å². The van der Waals surface area contributed by atoms with E-state index >= 15 is 0 Å². The lowest BCUT2D eigenvalue weighted by Crippen LogP contribution is -2.30. The van der Waals surface area contributed by atoms with Gasteiger partial charge in [0.2, 0.25) is 0 Å². The van der Waals surface area contributed by atoms with Crippen LogP contribution in [0.2, 0.25) is 0 Å². The summed E-state index contributed by atoms with van der Waals surface area (Å²) >= 11 is 1.89. The van der Waals surface area contributed by atoms with Crippen LogP contribution >= 0.6 is 11.3 Å². The number of anilines is 6. The minimum Gasteiger partial charge on any atom is -0.310 e. The number of para-hydroxylation sites is 2. The molecule has 0 N–H and O–H groups in total. The molecule has 1 aromatic heterocycles. The average Bonchev–Trinajstić information content (AvgIpc) is 3.58. The molecule has 9 aromatic carbocycles. The van der Waals surface area contributed by atoms with Crippen LogP contribution in [0, 0.1) is 0 Å². The Morgan fingerprint density at radius 1 is 0.407 bits per heavy atom. The van der Waals surface area contributed by atoms with Gasteiger partial charge in [-0.3, -0.25) is 0 Å². The molecule has 2 nitrogen and oxygen atoms in total. The van der Waals surface area contributed by atoms with E-state index in [1.807, 2.05) is 11.3 Å². The fourth-order valence-electron chi connectivity index (χ4n) is 8.86. The van der Waals surface area contributed by atoms with Crippen LogP contribution < -0.4 is 9.80 Å². The zero-order valence-electron chi connectivity index (χ0n) is 30.1. The molecular weight excluding hydrogens is 673 g/mol. The highest BCUT2D eigenvalue weighted by atomic mass is 32.1. The Bertz CT molecular complexity index is 3100. The SMILES string of the molecule is CC1(C)c2ccccc2N(c2ccc3c(ccc4cc(N(c5ccccc5)c5ccc6ccccc6c5)ccc43)c2)c2cc3sc4ccccc4c3cc21. The molecule has 1 aliphatic heterocycles. The number of nitrogens with zero attached hydrogens (tertiary/aromatic N) is 2. The first kappa shape index (κ1) is 31.1. The largest absolute Gasteiger partial charge is 0.310 e. The van der Waals surface area contributed by atoms with Gasteiger partial charge >= 0.3 is 0 Å². The summed E-state index contributed by atoms with van der Waals surface area (Å²) in [5.74, 6) is 0. The molecule has 0 radical (unpaired) electrons. The number of hydrogen-bond donors (Lipinski definition) is 0. The van der Waals surface area contributed by atoms with Crippen LogP contribution in [0.1, 0.15) is 25.0 Å². The first-order valence-electron chi connectivity index (χ1n) is 18.7. The summed E-state index contributed by atoms with van der Waals surface area (Å²) < 4.78 is 2.66. The van der Waals surface area contributed by atoms with Crippen molar-refractivity contribution in [1.29, 1.82) is 0 Å². The van der Waals surface area contributed by atoms with Gasteiger partial charge in [-0.05, 0) is 116 Å². The highest BCUT2D eigenvalue weighted by Gasteiger charge is 2.37. The maximum absolute atomic E-state index is 2.49. The molecule has 0 atom stereocenters. The summed E-state index contributed by atoms with van der Waals surface area (Å²) in [6.45, 7) is 4.75. The Morgan fingerprint density at radius 2 is 1.06 bits per heavy atom. The topological polar surface area (TPSA) is 6.48 Å². The molecule has 0 fully saturated rings. The van der Waals surface area contributed by atoms with Gasteiger partial charge in [0, 0.05) is 48.3 Å². The Hall–Kier alpha value is -6.42. The molecule has 0 bridgehead atoms. The van der Waals surface area contributed by atoms with Crippen molar-refractivity contribution in [2.24, 2.45) is 0 Å². The van der Waals surface area contributed by atoms with Crippen LogP contribution in [0.25, 0.3) is 52.5 Å². The predicted octanol–water partition coefficient (Wildman–Crippen LogP) is 15.1. The van der Waals surface area contributed by atoms with Crippen LogP contribution in [0.4, 0.5) is 34.1 Å². The van der Waals surface area contributed by atoms with E-state index in [1.54, 1.807) is 0 Å². The summed E-state index contributed by atoms with van der Waals surface area (Å²) in [5.41, 5.74) is 9.65.